The molecule has 0 fully saturated rings. The van der Waals surface area contributed by atoms with E-state index in [9.17, 15) is 4.79 Å². The summed E-state index contributed by atoms with van der Waals surface area (Å²) in [6.07, 6.45) is 0. The van der Waals surface area contributed by atoms with E-state index in [2.05, 4.69) is 0 Å². The Bertz CT molecular complexity index is 320. The van der Waals surface area contributed by atoms with Crippen LogP contribution in [0.25, 0.3) is 0 Å². The van der Waals surface area contributed by atoms with E-state index in [1.165, 1.54) is 0 Å². The van der Waals surface area contributed by atoms with Crippen LogP contribution in [0, 0.1) is 19.8 Å². The fourth-order valence-corrected chi connectivity index (χ4v) is 1.81. The third kappa shape index (κ3) is 1.81. The summed E-state index contributed by atoms with van der Waals surface area (Å²) in [5.74, 6) is -0.667. The van der Waals surface area contributed by atoms with Gasteiger partial charge in [0.25, 0.3) is 0 Å². The Morgan fingerprint density at radius 3 is 2.00 bits per heavy atom. The smallest absolute Gasteiger partial charge is 0.326 e. The van der Waals surface area contributed by atoms with Gasteiger partial charge >= 0.3 is 5.97 Å². The molecule has 1 heterocycles. The van der Waals surface area contributed by atoms with Gasteiger partial charge in [-0.3, -0.25) is 0 Å². The van der Waals surface area contributed by atoms with Crippen LogP contribution in [0.2, 0.25) is 0 Å². The molecule has 0 aromatic carbocycles. The first-order chi connectivity index (χ1) is 6.45. The molecule has 0 spiro atoms. The number of nitrogens with zero attached hydrogens (tertiary/aromatic N) is 1. The number of hydrogen-bond donors (Lipinski definition) is 1. The van der Waals surface area contributed by atoms with E-state index in [4.69, 9.17) is 5.11 Å². The predicted molar refractivity (Wildman–Crippen MR) is 55.4 cm³/mol. The molecule has 3 heteroatoms. The highest BCUT2D eigenvalue weighted by Crippen LogP contribution is 2.22. The van der Waals surface area contributed by atoms with Gasteiger partial charge in [-0.1, -0.05) is 13.8 Å². The van der Waals surface area contributed by atoms with Gasteiger partial charge in [0.15, 0.2) is 0 Å². The highest BCUT2D eigenvalue weighted by Gasteiger charge is 2.25. The van der Waals surface area contributed by atoms with Gasteiger partial charge in [-0.05, 0) is 31.9 Å². The van der Waals surface area contributed by atoms with Crippen molar-refractivity contribution in [3.8, 4) is 0 Å². The van der Waals surface area contributed by atoms with Crippen LogP contribution >= 0.6 is 0 Å². The van der Waals surface area contributed by atoms with E-state index in [1.54, 1.807) is 0 Å². The second kappa shape index (κ2) is 3.86. The van der Waals surface area contributed by atoms with Crippen LogP contribution in [-0.2, 0) is 4.79 Å². The lowest BCUT2D eigenvalue weighted by Gasteiger charge is -2.21. The van der Waals surface area contributed by atoms with E-state index in [0.717, 1.165) is 11.4 Å². The van der Waals surface area contributed by atoms with Crippen LogP contribution in [0.1, 0.15) is 31.3 Å². The number of rotatable bonds is 3. The summed E-state index contributed by atoms with van der Waals surface area (Å²) < 4.78 is 1.88. The van der Waals surface area contributed by atoms with Crippen LogP contribution in [0.5, 0.6) is 0 Å². The minimum absolute atomic E-state index is 0.0947. The van der Waals surface area contributed by atoms with Crippen molar-refractivity contribution in [3.63, 3.8) is 0 Å². The first kappa shape index (κ1) is 10.8. The van der Waals surface area contributed by atoms with Gasteiger partial charge in [0.05, 0.1) is 0 Å². The summed E-state index contributed by atoms with van der Waals surface area (Å²) in [4.78, 5) is 11.1. The first-order valence-corrected chi connectivity index (χ1v) is 4.82. The normalized spacial score (nSPS) is 13.2. The topological polar surface area (TPSA) is 42.2 Å². The van der Waals surface area contributed by atoms with Crippen molar-refractivity contribution in [1.82, 2.24) is 4.57 Å². The molecule has 14 heavy (non-hydrogen) atoms. The average Bonchev–Trinajstić information content (AvgIpc) is 2.34. The second-order valence-corrected chi connectivity index (χ2v) is 4.01. The lowest BCUT2D eigenvalue weighted by molar-refractivity contribution is -0.142. The van der Waals surface area contributed by atoms with Gasteiger partial charge in [0.1, 0.15) is 6.04 Å². The highest BCUT2D eigenvalue weighted by molar-refractivity contribution is 5.72. The number of aryl methyl sites for hydroxylation is 2. The molecule has 0 amide bonds. The number of hydrogen-bond acceptors (Lipinski definition) is 1. The molecule has 0 radical (unpaired) electrons. The Balaban J connectivity index is 3.17. The van der Waals surface area contributed by atoms with Crippen molar-refractivity contribution in [1.29, 1.82) is 0 Å². The molecule has 1 aromatic heterocycles. The molecule has 1 atom stereocenters. The molecule has 78 valence electrons. The van der Waals surface area contributed by atoms with E-state index in [-0.39, 0.29) is 5.92 Å². The molecule has 1 aromatic rings. The fourth-order valence-electron chi connectivity index (χ4n) is 1.81. The Hall–Kier alpha value is -1.25. The molecule has 1 rings (SSSR count). The number of aliphatic carboxylic acids is 1. The average molecular weight is 195 g/mol. The predicted octanol–water partition coefficient (Wildman–Crippen LogP) is 2.39. The molecule has 1 N–H and O–H groups in total. The number of carboxylic acid groups (broad SMARTS) is 1. The van der Waals surface area contributed by atoms with E-state index in [0.29, 0.717) is 0 Å². The van der Waals surface area contributed by atoms with Crippen LogP contribution in [0.3, 0.4) is 0 Å². The number of carboxylic acids is 1. The van der Waals surface area contributed by atoms with E-state index in [1.807, 2.05) is 44.4 Å². The molecule has 0 aliphatic rings. The molecular weight excluding hydrogens is 178 g/mol. The van der Waals surface area contributed by atoms with E-state index < -0.39 is 12.0 Å². The SMILES string of the molecule is Cc1ccc(C)n1[C@H](C(=O)O)C(C)C. The summed E-state index contributed by atoms with van der Waals surface area (Å²) >= 11 is 0. The summed E-state index contributed by atoms with van der Waals surface area (Å²) in [6.45, 7) is 7.73. The first-order valence-electron chi connectivity index (χ1n) is 4.82. The third-order valence-electron chi connectivity index (χ3n) is 2.49. The van der Waals surface area contributed by atoms with Crippen molar-refractivity contribution < 1.29 is 9.90 Å². The summed E-state index contributed by atoms with van der Waals surface area (Å²) in [5, 5.41) is 9.14. The number of aromatic nitrogens is 1. The Labute approximate surface area is 84.4 Å². The Morgan fingerprint density at radius 1 is 1.29 bits per heavy atom. The van der Waals surface area contributed by atoms with Gasteiger partial charge in [-0.2, -0.15) is 0 Å². The molecule has 0 bridgehead atoms. The number of carbonyl (C=O) groups is 1. The van der Waals surface area contributed by atoms with Crippen molar-refractivity contribution in [2.75, 3.05) is 0 Å². The maximum atomic E-state index is 11.1. The molecule has 0 saturated heterocycles. The molecule has 0 aliphatic heterocycles. The van der Waals surface area contributed by atoms with Crippen molar-refractivity contribution >= 4 is 5.97 Å². The lowest BCUT2D eigenvalue weighted by Crippen LogP contribution is -2.25. The zero-order valence-electron chi connectivity index (χ0n) is 9.11. The largest absolute Gasteiger partial charge is 0.480 e. The molecule has 3 nitrogen and oxygen atoms in total. The van der Waals surface area contributed by atoms with Gasteiger partial charge in [-0.25, -0.2) is 4.79 Å². The minimum Gasteiger partial charge on any atom is -0.480 e. The zero-order chi connectivity index (χ0) is 10.9. The van der Waals surface area contributed by atoms with Gasteiger partial charge in [-0.15, -0.1) is 0 Å². The Morgan fingerprint density at radius 2 is 1.71 bits per heavy atom. The maximum absolute atomic E-state index is 11.1. The molecule has 0 saturated carbocycles. The monoisotopic (exact) mass is 195 g/mol. The fraction of sp³-hybridized carbons (Fsp3) is 0.545. The zero-order valence-corrected chi connectivity index (χ0v) is 9.11. The lowest BCUT2D eigenvalue weighted by atomic mass is 10.0. The van der Waals surface area contributed by atoms with E-state index >= 15 is 0 Å². The Kier molecular flexibility index (Phi) is 2.99. The summed E-state index contributed by atoms with van der Waals surface area (Å²) in [7, 11) is 0. The van der Waals surface area contributed by atoms with Crippen LogP contribution in [-0.4, -0.2) is 15.6 Å². The standard InChI is InChI=1S/C11H17NO2/c1-7(2)10(11(13)14)12-8(3)5-6-9(12)4/h5-7,10H,1-4H3,(H,13,14)/t10-/m0/s1. The highest BCUT2D eigenvalue weighted by atomic mass is 16.4. The van der Waals surface area contributed by atoms with Crippen molar-refractivity contribution in [2.45, 2.75) is 33.7 Å². The molecular formula is C11H17NO2. The van der Waals surface area contributed by atoms with Crippen LogP contribution in [0.15, 0.2) is 12.1 Å². The van der Waals surface area contributed by atoms with Crippen molar-refractivity contribution in [3.05, 3.63) is 23.5 Å². The second-order valence-electron chi connectivity index (χ2n) is 4.01. The van der Waals surface area contributed by atoms with Gasteiger partial charge in [0.2, 0.25) is 0 Å². The summed E-state index contributed by atoms with van der Waals surface area (Å²) in [5.41, 5.74) is 2.01. The van der Waals surface area contributed by atoms with Gasteiger partial charge in [0, 0.05) is 11.4 Å². The molecule has 0 aliphatic carbocycles. The van der Waals surface area contributed by atoms with Crippen molar-refractivity contribution in [2.24, 2.45) is 5.92 Å². The quantitative estimate of drug-likeness (QED) is 0.804. The minimum atomic E-state index is -0.762. The maximum Gasteiger partial charge on any atom is 0.326 e. The van der Waals surface area contributed by atoms with Crippen LogP contribution in [0.4, 0.5) is 0 Å². The molecule has 0 unspecified atom stereocenters. The third-order valence-corrected chi connectivity index (χ3v) is 2.49. The van der Waals surface area contributed by atoms with Crippen LogP contribution < -0.4 is 0 Å². The van der Waals surface area contributed by atoms with Gasteiger partial charge < -0.3 is 9.67 Å². The summed E-state index contributed by atoms with van der Waals surface area (Å²) in [6, 6.07) is 3.45.